The van der Waals surface area contributed by atoms with Gasteiger partial charge in [0.05, 0.1) is 6.54 Å². The Balaban J connectivity index is 1.58. The highest BCUT2D eigenvalue weighted by Crippen LogP contribution is 2.46. The van der Waals surface area contributed by atoms with E-state index in [2.05, 4.69) is 6.07 Å². The summed E-state index contributed by atoms with van der Waals surface area (Å²) in [5.41, 5.74) is 8.44. The molecule has 1 aromatic carbocycles. The fourth-order valence-electron chi connectivity index (χ4n) is 4.36. The summed E-state index contributed by atoms with van der Waals surface area (Å²) in [7, 11) is 0. The van der Waals surface area contributed by atoms with Gasteiger partial charge in [0, 0.05) is 18.4 Å². The van der Waals surface area contributed by atoms with Crippen LogP contribution in [-0.2, 0) is 16.1 Å². The molecule has 6 heteroatoms. The van der Waals surface area contributed by atoms with Crippen molar-refractivity contribution in [1.82, 2.24) is 10.0 Å². The predicted octanol–water partition coefficient (Wildman–Crippen LogP) is 1.94. The third kappa shape index (κ3) is 2.65. The maximum Gasteiger partial charge on any atom is 0.273 e. The molecule has 3 aliphatic rings. The standard InChI is InChI=1S/C19H23N3O3/c20-8-7-12-9-13(10-12)14-3-1-4-15-16(14)11-21(19(15)25)22-17(23)5-2-6-18(22)24/h1,3-4,12-13H,2,5-11,20H2. The van der Waals surface area contributed by atoms with Crippen LogP contribution in [0.25, 0.3) is 0 Å². The van der Waals surface area contributed by atoms with Crippen LogP contribution in [0.4, 0.5) is 0 Å². The number of carbonyl (C=O) groups excluding carboxylic acids is 3. The number of piperidine rings is 1. The van der Waals surface area contributed by atoms with Gasteiger partial charge in [0.15, 0.2) is 0 Å². The molecule has 25 heavy (non-hydrogen) atoms. The van der Waals surface area contributed by atoms with Gasteiger partial charge in [-0.1, -0.05) is 12.1 Å². The topological polar surface area (TPSA) is 83.7 Å². The van der Waals surface area contributed by atoms with Crippen LogP contribution in [0.2, 0.25) is 0 Å². The Morgan fingerprint density at radius 1 is 1.08 bits per heavy atom. The van der Waals surface area contributed by atoms with Gasteiger partial charge >= 0.3 is 0 Å². The van der Waals surface area contributed by atoms with E-state index in [1.54, 1.807) is 6.07 Å². The molecule has 4 rings (SSSR count). The maximum absolute atomic E-state index is 12.8. The van der Waals surface area contributed by atoms with Gasteiger partial charge in [0.2, 0.25) is 11.8 Å². The lowest BCUT2D eigenvalue weighted by atomic mass is 9.69. The molecule has 0 spiro atoms. The third-order valence-corrected chi connectivity index (χ3v) is 5.73. The Morgan fingerprint density at radius 2 is 1.80 bits per heavy atom. The van der Waals surface area contributed by atoms with E-state index in [-0.39, 0.29) is 17.7 Å². The first-order chi connectivity index (χ1) is 12.1. The lowest BCUT2D eigenvalue weighted by molar-refractivity contribution is -0.163. The maximum atomic E-state index is 12.8. The van der Waals surface area contributed by atoms with Crippen molar-refractivity contribution in [2.75, 3.05) is 6.54 Å². The monoisotopic (exact) mass is 341 g/mol. The van der Waals surface area contributed by atoms with E-state index in [9.17, 15) is 14.4 Å². The van der Waals surface area contributed by atoms with Crippen LogP contribution in [0.15, 0.2) is 18.2 Å². The summed E-state index contributed by atoms with van der Waals surface area (Å²) in [5.74, 6) is 0.339. The number of amides is 3. The normalized spacial score (nSPS) is 26.0. The van der Waals surface area contributed by atoms with E-state index in [1.807, 2.05) is 6.07 Å². The molecule has 0 atom stereocenters. The summed E-state index contributed by atoms with van der Waals surface area (Å²) in [6, 6.07) is 5.79. The number of hydrogen-bond donors (Lipinski definition) is 1. The van der Waals surface area contributed by atoms with E-state index >= 15 is 0 Å². The minimum absolute atomic E-state index is 0.238. The van der Waals surface area contributed by atoms with Gasteiger partial charge < -0.3 is 5.73 Å². The number of nitrogens with zero attached hydrogens (tertiary/aromatic N) is 2. The first-order valence-corrected chi connectivity index (χ1v) is 9.09. The predicted molar refractivity (Wildman–Crippen MR) is 91.2 cm³/mol. The molecule has 2 N–H and O–H groups in total. The van der Waals surface area contributed by atoms with Gasteiger partial charge in [-0.25, -0.2) is 5.01 Å². The zero-order valence-electron chi connectivity index (χ0n) is 14.2. The number of nitrogens with two attached hydrogens (primary N) is 1. The van der Waals surface area contributed by atoms with Crippen LogP contribution in [-0.4, -0.2) is 34.3 Å². The van der Waals surface area contributed by atoms with Crippen molar-refractivity contribution in [3.8, 4) is 0 Å². The molecule has 132 valence electrons. The van der Waals surface area contributed by atoms with Crippen LogP contribution < -0.4 is 5.73 Å². The fraction of sp³-hybridized carbons (Fsp3) is 0.526. The van der Waals surface area contributed by atoms with Crippen molar-refractivity contribution in [2.45, 2.75) is 51.0 Å². The Morgan fingerprint density at radius 3 is 2.48 bits per heavy atom. The molecule has 0 aromatic heterocycles. The largest absolute Gasteiger partial charge is 0.330 e. The van der Waals surface area contributed by atoms with Gasteiger partial charge in [-0.15, -0.1) is 0 Å². The zero-order valence-corrected chi connectivity index (χ0v) is 14.2. The van der Waals surface area contributed by atoms with E-state index in [0.717, 1.165) is 36.4 Å². The molecule has 0 bridgehead atoms. The molecular weight excluding hydrogens is 318 g/mol. The van der Waals surface area contributed by atoms with Gasteiger partial charge in [0.25, 0.3) is 5.91 Å². The Kier molecular flexibility index (Phi) is 4.07. The van der Waals surface area contributed by atoms with Gasteiger partial charge in [0.1, 0.15) is 0 Å². The van der Waals surface area contributed by atoms with E-state index in [4.69, 9.17) is 5.73 Å². The van der Waals surface area contributed by atoms with Crippen LogP contribution in [0.5, 0.6) is 0 Å². The summed E-state index contributed by atoms with van der Waals surface area (Å²) in [6.45, 7) is 1.04. The summed E-state index contributed by atoms with van der Waals surface area (Å²) in [5, 5.41) is 2.42. The van der Waals surface area contributed by atoms with Crippen LogP contribution in [0.1, 0.15) is 65.9 Å². The van der Waals surface area contributed by atoms with E-state index in [0.29, 0.717) is 43.2 Å². The summed E-state index contributed by atoms with van der Waals surface area (Å²) in [4.78, 5) is 37.2. The van der Waals surface area contributed by atoms with Gasteiger partial charge in [-0.3, -0.25) is 14.4 Å². The van der Waals surface area contributed by atoms with Crippen LogP contribution >= 0.6 is 0 Å². The SMILES string of the molecule is NCCC1CC(c2cccc3c2CN(N2C(=O)CCCC2=O)C3=O)C1. The number of rotatable bonds is 4. The van der Waals surface area contributed by atoms with Crippen molar-refractivity contribution >= 4 is 17.7 Å². The van der Waals surface area contributed by atoms with Crippen molar-refractivity contribution in [1.29, 1.82) is 0 Å². The fourth-order valence-corrected chi connectivity index (χ4v) is 4.36. The molecule has 1 saturated carbocycles. The molecular formula is C19H23N3O3. The molecule has 1 saturated heterocycles. The first-order valence-electron chi connectivity index (χ1n) is 9.09. The van der Waals surface area contributed by atoms with Crippen LogP contribution in [0.3, 0.4) is 0 Å². The first kappa shape index (κ1) is 16.3. The highest BCUT2D eigenvalue weighted by molar-refractivity contribution is 6.04. The summed E-state index contributed by atoms with van der Waals surface area (Å²) in [6.07, 6.45) is 4.46. The quantitative estimate of drug-likeness (QED) is 0.848. The minimum Gasteiger partial charge on any atom is -0.330 e. The molecule has 2 aliphatic heterocycles. The van der Waals surface area contributed by atoms with E-state index in [1.165, 1.54) is 10.6 Å². The lowest BCUT2D eigenvalue weighted by Crippen LogP contribution is -2.52. The number of fused-ring (bicyclic) bond motifs is 1. The molecule has 2 fully saturated rings. The highest BCUT2D eigenvalue weighted by atomic mass is 16.2. The minimum atomic E-state index is -0.273. The summed E-state index contributed by atoms with van der Waals surface area (Å²) < 4.78 is 0. The van der Waals surface area contributed by atoms with Crippen molar-refractivity contribution in [3.05, 3.63) is 34.9 Å². The average molecular weight is 341 g/mol. The molecule has 2 heterocycles. The highest BCUT2D eigenvalue weighted by Gasteiger charge is 2.41. The van der Waals surface area contributed by atoms with Crippen molar-refractivity contribution in [3.63, 3.8) is 0 Å². The summed E-state index contributed by atoms with van der Waals surface area (Å²) >= 11 is 0. The molecule has 1 aromatic rings. The zero-order chi connectivity index (χ0) is 17.6. The Bertz CT molecular complexity index is 723. The second-order valence-corrected chi connectivity index (χ2v) is 7.30. The van der Waals surface area contributed by atoms with E-state index < -0.39 is 0 Å². The van der Waals surface area contributed by atoms with Crippen molar-refractivity contribution < 1.29 is 14.4 Å². The second-order valence-electron chi connectivity index (χ2n) is 7.30. The second kappa shape index (κ2) is 6.26. The Hall–Kier alpha value is -2.21. The molecule has 0 unspecified atom stereocenters. The van der Waals surface area contributed by atoms with Crippen molar-refractivity contribution in [2.24, 2.45) is 11.7 Å². The number of carbonyl (C=O) groups is 3. The average Bonchev–Trinajstić information content (AvgIpc) is 2.88. The van der Waals surface area contributed by atoms with Crippen LogP contribution in [0, 0.1) is 5.92 Å². The van der Waals surface area contributed by atoms with Gasteiger partial charge in [-0.05, 0) is 61.3 Å². The molecule has 1 aliphatic carbocycles. The molecule has 3 amide bonds. The molecule has 6 nitrogen and oxygen atoms in total. The number of imide groups is 1. The smallest absolute Gasteiger partial charge is 0.273 e. The number of hydrazine groups is 1. The Labute approximate surface area is 146 Å². The third-order valence-electron chi connectivity index (χ3n) is 5.73. The van der Waals surface area contributed by atoms with Gasteiger partial charge in [-0.2, -0.15) is 5.01 Å². The number of benzene rings is 1. The molecule has 0 radical (unpaired) electrons. The lowest BCUT2D eigenvalue weighted by Gasteiger charge is -2.37. The number of hydrogen-bond acceptors (Lipinski definition) is 4.